The molecule has 0 radical (unpaired) electrons. The molecule has 0 aliphatic carbocycles. The smallest absolute Gasteiger partial charge is 0.270 e. The Kier molecular flexibility index (Phi) is 6.64. The number of hydrogen-bond acceptors (Lipinski definition) is 4. The van der Waals surface area contributed by atoms with Gasteiger partial charge in [0.2, 0.25) is 0 Å². The van der Waals surface area contributed by atoms with Crippen LogP contribution in [-0.4, -0.2) is 17.4 Å². The summed E-state index contributed by atoms with van der Waals surface area (Å²) in [5.74, 6) is -0.136. The maximum atomic E-state index is 11.8. The summed E-state index contributed by atoms with van der Waals surface area (Å²) < 4.78 is 0. The minimum atomic E-state index is -0.136. The molecule has 1 amide bonds. The number of thiazole rings is 1. The van der Waals surface area contributed by atoms with E-state index in [0.29, 0.717) is 18.8 Å². The molecule has 0 aliphatic rings. The van der Waals surface area contributed by atoms with Crippen molar-refractivity contribution in [2.45, 2.75) is 19.9 Å². The van der Waals surface area contributed by atoms with Gasteiger partial charge in [-0.15, -0.1) is 23.7 Å². The van der Waals surface area contributed by atoms with E-state index < -0.39 is 0 Å². The Morgan fingerprint density at radius 2 is 2.25 bits per heavy atom. The lowest BCUT2D eigenvalue weighted by Gasteiger charge is -2.04. The number of carbonyl (C=O) groups is 1. The average molecular weight is 312 g/mol. The maximum Gasteiger partial charge on any atom is 0.270 e. The highest BCUT2D eigenvalue weighted by atomic mass is 35.5. The quantitative estimate of drug-likeness (QED) is 0.890. The molecule has 0 bridgehead atoms. The number of nitrogens with two attached hydrogens (primary N) is 1. The Balaban J connectivity index is 0.00000200. The molecular weight excluding hydrogens is 294 g/mol. The molecule has 4 nitrogen and oxygen atoms in total. The van der Waals surface area contributed by atoms with Crippen LogP contribution in [0, 0.1) is 6.92 Å². The first-order chi connectivity index (χ1) is 9.19. The van der Waals surface area contributed by atoms with Gasteiger partial charge in [-0.2, -0.15) is 0 Å². The SMILES string of the molecule is Cc1cccc(CCNC(=O)c2csc(CN)n2)c1.Cl. The summed E-state index contributed by atoms with van der Waals surface area (Å²) >= 11 is 1.41. The van der Waals surface area contributed by atoms with E-state index in [1.54, 1.807) is 5.38 Å². The molecule has 0 aliphatic heterocycles. The van der Waals surface area contributed by atoms with E-state index in [1.807, 2.05) is 6.07 Å². The van der Waals surface area contributed by atoms with Crippen LogP contribution >= 0.6 is 23.7 Å². The van der Waals surface area contributed by atoms with E-state index in [0.717, 1.165) is 11.4 Å². The molecule has 0 saturated carbocycles. The van der Waals surface area contributed by atoms with Gasteiger partial charge in [0, 0.05) is 18.5 Å². The lowest BCUT2D eigenvalue weighted by atomic mass is 10.1. The molecule has 2 aromatic rings. The van der Waals surface area contributed by atoms with Crippen LogP contribution < -0.4 is 11.1 Å². The summed E-state index contributed by atoms with van der Waals surface area (Å²) in [6.07, 6.45) is 0.821. The number of benzene rings is 1. The van der Waals surface area contributed by atoms with Crippen molar-refractivity contribution in [1.29, 1.82) is 0 Å². The van der Waals surface area contributed by atoms with Gasteiger partial charge in [-0.05, 0) is 18.9 Å². The minimum Gasteiger partial charge on any atom is -0.350 e. The molecule has 0 fully saturated rings. The van der Waals surface area contributed by atoms with Gasteiger partial charge in [-0.1, -0.05) is 29.8 Å². The summed E-state index contributed by atoms with van der Waals surface area (Å²) in [7, 11) is 0. The molecule has 0 spiro atoms. The van der Waals surface area contributed by atoms with Crippen LogP contribution in [0.25, 0.3) is 0 Å². The lowest BCUT2D eigenvalue weighted by molar-refractivity contribution is 0.0949. The molecule has 20 heavy (non-hydrogen) atoms. The standard InChI is InChI=1S/C14H17N3OS.ClH/c1-10-3-2-4-11(7-10)5-6-16-14(18)12-9-19-13(8-15)17-12;/h2-4,7,9H,5-6,8,15H2,1H3,(H,16,18);1H. The van der Waals surface area contributed by atoms with Gasteiger partial charge < -0.3 is 11.1 Å². The van der Waals surface area contributed by atoms with E-state index in [4.69, 9.17) is 5.73 Å². The van der Waals surface area contributed by atoms with Crippen molar-refractivity contribution in [2.24, 2.45) is 5.73 Å². The highest BCUT2D eigenvalue weighted by molar-refractivity contribution is 7.09. The van der Waals surface area contributed by atoms with Gasteiger partial charge >= 0.3 is 0 Å². The Morgan fingerprint density at radius 1 is 1.45 bits per heavy atom. The van der Waals surface area contributed by atoms with Crippen molar-refractivity contribution >= 4 is 29.7 Å². The highest BCUT2D eigenvalue weighted by Crippen LogP contribution is 2.08. The number of aromatic nitrogens is 1. The van der Waals surface area contributed by atoms with E-state index in [1.165, 1.54) is 22.5 Å². The summed E-state index contributed by atoms with van der Waals surface area (Å²) in [5.41, 5.74) is 8.38. The van der Waals surface area contributed by atoms with Gasteiger partial charge in [0.1, 0.15) is 10.7 Å². The van der Waals surface area contributed by atoms with Gasteiger partial charge in [0.15, 0.2) is 0 Å². The number of halogens is 1. The minimum absolute atomic E-state index is 0. The molecular formula is C14H18ClN3OS. The maximum absolute atomic E-state index is 11.8. The predicted octanol–water partition coefficient (Wildman–Crippen LogP) is 2.30. The fourth-order valence-corrected chi connectivity index (χ4v) is 2.44. The zero-order valence-electron chi connectivity index (χ0n) is 11.3. The zero-order valence-corrected chi connectivity index (χ0v) is 12.9. The van der Waals surface area contributed by atoms with Gasteiger partial charge in [-0.3, -0.25) is 4.79 Å². The first kappa shape index (κ1) is 16.6. The number of amides is 1. The highest BCUT2D eigenvalue weighted by Gasteiger charge is 2.09. The van der Waals surface area contributed by atoms with E-state index in [9.17, 15) is 4.79 Å². The summed E-state index contributed by atoms with van der Waals surface area (Å²) in [6, 6.07) is 8.28. The van der Waals surface area contributed by atoms with Crippen LogP contribution in [0.15, 0.2) is 29.6 Å². The molecule has 108 valence electrons. The van der Waals surface area contributed by atoms with Crippen LogP contribution in [-0.2, 0) is 13.0 Å². The summed E-state index contributed by atoms with van der Waals surface area (Å²) in [6.45, 7) is 3.05. The third-order valence-corrected chi connectivity index (χ3v) is 3.61. The van der Waals surface area contributed by atoms with E-state index in [2.05, 4.69) is 35.4 Å². The molecule has 0 unspecified atom stereocenters. The number of rotatable bonds is 5. The monoisotopic (exact) mass is 311 g/mol. The van der Waals surface area contributed by atoms with Gasteiger partial charge in [0.25, 0.3) is 5.91 Å². The Bertz CT molecular complexity index is 571. The third-order valence-electron chi connectivity index (χ3n) is 2.74. The second-order valence-corrected chi connectivity index (χ2v) is 5.27. The summed E-state index contributed by atoms with van der Waals surface area (Å²) in [5, 5.41) is 5.39. The fourth-order valence-electron chi connectivity index (χ4n) is 1.79. The van der Waals surface area contributed by atoms with Crippen LogP contribution in [0.2, 0.25) is 0 Å². The number of carbonyl (C=O) groups excluding carboxylic acids is 1. The largest absolute Gasteiger partial charge is 0.350 e. The second kappa shape index (κ2) is 7.99. The van der Waals surface area contributed by atoms with E-state index in [-0.39, 0.29) is 18.3 Å². The van der Waals surface area contributed by atoms with Crippen molar-refractivity contribution in [3.63, 3.8) is 0 Å². The molecule has 6 heteroatoms. The van der Waals surface area contributed by atoms with Crippen molar-refractivity contribution < 1.29 is 4.79 Å². The number of aryl methyl sites for hydroxylation is 1. The topological polar surface area (TPSA) is 68.0 Å². The molecule has 2 rings (SSSR count). The molecule has 0 atom stereocenters. The van der Waals surface area contributed by atoms with Gasteiger partial charge in [0.05, 0.1) is 0 Å². The lowest BCUT2D eigenvalue weighted by Crippen LogP contribution is -2.26. The van der Waals surface area contributed by atoms with Crippen LogP contribution in [0.4, 0.5) is 0 Å². The number of hydrogen-bond donors (Lipinski definition) is 2. The number of nitrogens with zero attached hydrogens (tertiary/aromatic N) is 1. The van der Waals surface area contributed by atoms with Crippen molar-refractivity contribution in [1.82, 2.24) is 10.3 Å². The molecule has 0 saturated heterocycles. The summed E-state index contributed by atoms with van der Waals surface area (Å²) in [4.78, 5) is 16.0. The zero-order chi connectivity index (χ0) is 13.7. The van der Waals surface area contributed by atoms with Gasteiger partial charge in [-0.25, -0.2) is 4.98 Å². The Labute approximate surface area is 128 Å². The molecule has 1 aromatic heterocycles. The van der Waals surface area contributed by atoms with Crippen molar-refractivity contribution in [3.8, 4) is 0 Å². The molecule has 1 heterocycles. The Hall–Kier alpha value is -1.43. The average Bonchev–Trinajstić information content (AvgIpc) is 2.87. The normalized spacial score (nSPS) is 9.90. The third kappa shape index (κ3) is 4.59. The van der Waals surface area contributed by atoms with E-state index >= 15 is 0 Å². The number of nitrogens with one attached hydrogen (secondary N) is 1. The Morgan fingerprint density at radius 3 is 2.90 bits per heavy atom. The second-order valence-electron chi connectivity index (χ2n) is 4.33. The molecule has 1 aromatic carbocycles. The molecule has 3 N–H and O–H groups in total. The van der Waals surface area contributed by atoms with Crippen molar-refractivity contribution in [2.75, 3.05) is 6.54 Å². The van der Waals surface area contributed by atoms with Crippen LogP contribution in [0.3, 0.4) is 0 Å². The fraction of sp³-hybridized carbons (Fsp3) is 0.286. The van der Waals surface area contributed by atoms with Crippen LogP contribution in [0.5, 0.6) is 0 Å². The first-order valence-electron chi connectivity index (χ1n) is 6.17. The van der Waals surface area contributed by atoms with Crippen LogP contribution in [0.1, 0.15) is 26.6 Å². The first-order valence-corrected chi connectivity index (χ1v) is 7.05. The van der Waals surface area contributed by atoms with Crippen molar-refractivity contribution in [3.05, 3.63) is 51.5 Å². The predicted molar refractivity (Wildman–Crippen MR) is 84.5 cm³/mol.